The highest BCUT2D eigenvalue weighted by Gasteiger charge is 2.43. The number of carbonyl (C=O) groups excluding carboxylic acids is 1. The van der Waals surface area contributed by atoms with Crippen LogP contribution in [0.2, 0.25) is 0 Å². The van der Waals surface area contributed by atoms with Crippen molar-refractivity contribution in [3.8, 4) is 0 Å². The van der Waals surface area contributed by atoms with Crippen molar-refractivity contribution in [2.45, 2.75) is 25.3 Å². The lowest BCUT2D eigenvalue weighted by atomic mass is 10.0. The van der Waals surface area contributed by atoms with Crippen molar-refractivity contribution < 1.29 is 17.7 Å². The minimum absolute atomic E-state index is 0.0192. The van der Waals surface area contributed by atoms with E-state index in [0.29, 0.717) is 48.6 Å². The zero-order valence-corrected chi connectivity index (χ0v) is 17.4. The zero-order valence-electron chi connectivity index (χ0n) is 16.6. The molecule has 8 nitrogen and oxygen atoms in total. The van der Waals surface area contributed by atoms with Crippen LogP contribution >= 0.6 is 0 Å². The van der Waals surface area contributed by atoms with Crippen LogP contribution in [0.1, 0.15) is 18.5 Å². The molecule has 1 aromatic heterocycles. The molecule has 2 aromatic carbocycles. The van der Waals surface area contributed by atoms with Gasteiger partial charge in [0.2, 0.25) is 5.91 Å². The summed E-state index contributed by atoms with van der Waals surface area (Å²) in [6.45, 7) is 1.02. The average Bonchev–Trinajstić information content (AvgIpc) is 3.25. The van der Waals surface area contributed by atoms with E-state index in [9.17, 15) is 13.2 Å². The monoisotopic (exact) mass is 426 g/mol. The van der Waals surface area contributed by atoms with E-state index in [0.717, 1.165) is 5.39 Å². The molecule has 0 radical (unpaired) electrons. The second kappa shape index (κ2) is 7.02. The average molecular weight is 426 g/mol. The number of hydrogen-bond acceptors (Lipinski definition) is 5. The predicted molar refractivity (Wildman–Crippen MR) is 114 cm³/mol. The molecule has 2 aliphatic heterocycles. The molecule has 0 atom stereocenters. The second-order valence-corrected chi connectivity index (χ2v) is 9.51. The van der Waals surface area contributed by atoms with E-state index in [-0.39, 0.29) is 18.4 Å². The first kappa shape index (κ1) is 18.9. The van der Waals surface area contributed by atoms with Crippen molar-refractivity contribution in [2.75, 3.05) is 28.7 Å². The molecule has 9 heteroatoms. The van der Waals surface area contributed by atoms with E-state index in [1.807, 2.05) is 48.5 Å². The maximum Gasteiger partial charge on any atom is 0.326 e. The van der Waals surface area contributed by atoms with Crippen molar-refractivity contribution in [1.29, 1.82) is 0 Å². The van der Waals surface area contributed by atoms with E-state index in [1.54, 1.807) is 11.9 Å². The highest BCUT2D eigenvalue weighted by atomic mass is 32.2. The Bertz CT molecular complexity index is 1210. The van der Waals surface area contributed by atoms with Gasteiger partial charge >= 0.3 is 10.2 Å². The largest absolute Gasteiger partial charge is 0.356 e. The Balaban J connectivity index is 1.29. The minimum Gasteiger partial charge on any atom is -0.356 e. The number of nitrogens with zero attached hydrogens (tertiary/aromatic N) is 4. The van der Waals surface area contributed by atoms with Crippen molar-refractivity contribution in [3.63, 3.8) is 0 Å². The number of piperidine rings is 1. The number of rotatable bonds is 3. The van der Waals surface area contributed by atoms with E-state index in [4.69, 9.17) is 4.52 Å². The minimum atomic E-state index is -3.59. The van der Waals surface area contributed by atoms with E-state index in [1.165, 1.54) is 8.61 Å². The Morgan fingerprint density at radius 1 is 1.07 bits per heavy atom. The van der Waals surface area contributed by atoms with Crippen molar-refractivity contribution in [3.05, 3.63) is 54.2 Å². The van der Waals surface area contributed by atoms with Crippen LogP contribution in [0.3, 0.4) is 0 Å². The smallest absolute Gasteiger partial charge is 0.326 e. The van der Waals surface area contributed by atoms with Gasteiger partial charge in [0, 0.05) is 25.5 Å². The van der Waals surface area contributed by atoms with Gasteiger partial charge in [-0.2, -0.15) is 8.42 Å². The summed E-state index contributed by atoms with van der Waals surface area (Å²) >= 11 is 0. The van der Waals surface area contributed by atoms with Crippen LogP contribution in [-0.2, 0) is 21.4 Å². The summed E-state index contributed by atoms with van der Waals surface area (Å²) in [6, 6.07) is 14.6. The van der Waals surface area contributed by atoms with Crippen LogP contribution < -0.4 is 8.61 Å². The standard InChI is InChI=1S/C21H22N4O4S/c1-23-18-7-3-4-8-19(18)25(30(23,27)28)15-10-12-24(13-11-15)21(26)14-17-16-6-2-5-9-20(16)29-22-17/h2-9,15H,10-14H2,1H3. The first-order valence-electron chi connectivity index (χ1n) is 9.95. The van der Waals surface area contributed by atoms with Gasteiger partial charge in [0.15, 0.2) is 5.58 Å². The van der Waals surface area contributed by atoms with Crippen molar-refractivity contribution in [1.82, 2.24) is 10.1 Å². The number of para-hydroxylation sites is 3. The van der Waals surface area contributed by atoms with Crippen LogP contribution in [0.15, 0.2) is 53.1 Å². The van der Waals surface area contributed by atoms with Gasteiger partial charge in [-0.05, 0) is 37.1 Å². The molecule has 0 spiro atoms. The molecule has 0 aliphatic carbocycles. The van der Waals surface area contributed by atoms with Crippen LogP contribution in [0.4, 0.5) is 11.4 Å². The fourth-order valence-electron chi connectivity index (χ4n) is 4.35. The SMILES string of the molecule is CN1c2ccccc2N(C2CCN(C(=O)Cc3noc4ccccc34)CC2)S1(=O)=O. The molecule has 0 unspecified atom stereocenters. The van der Waals surface area contributed by atoms with Gasteiger partial charge in [0.25, 0.3) is 0 Å². The normalized spacial score (nSPS) is 18.8. The molecule has 30 heavy (non-hydrogen) atoms. The summed E-state index contributed by atoms with van der Waals surface area (Å²) in [4.78, 5) is 14.6. The van der Waals surface area contributed by atoms with E-state index >= 15 is 0 Å². The molecule has 1 amide bonds. The molecule has 1 fully saturated rings. The molecule has 3 heterocycles. The highest BCUT2D eigenvalue weighted by molar-refractivity contribution is 7.94. The van der Waals surface area contributed by atoms with E-state index in [2.05, 4.69) is 5.16 Å². The number of aromatic nitrogens is 1. The third-order valence-corrected chi connectivity index (χ3v) is 7.85. The Labute approximate surface area is 174 Å². The van der Waals surface area contributed by atoms with Crippen LogP contribution in [0.25, 0.3) is 11.0 Å². The third kappa shape index (κ3) is 2.92. The van der Waals surface area contributed by atoms with Crippen LogP contribution in [-0.4, -0.2) is 50.6 Å². The van der Waals surface area contributed by atoms with Gasteiger partial charge in [-0.15, -0.1) is 0 Å². The molecular weight excluding hydrogens is 404 g/mol. The second-order valence-electron chi connectivity index (χ2n) is 7.67. The zero-order chi connectivity index (χ0) is 20.9. The van der Waals surface area contributed by atoms with Crippen molar-refractivity contribution in [2.24, 2.45) is 0 Å². The lowest BCUT2D eigenvalue weighted by molar-refractivity contribution is -0.131. The lowest BCUT2D eigenvalue weighted by Crippen LogP contribution is -2.49. The summed E-state index contributed by atoms with van der Waals surface area (Å²) < 4.78 is 34.0. The number of benzene rings is 2. The first-order chi connectivity index (χ1) is 14.5. The highest BCUT2D eigenvalue weighted by Crippen LogP contribution is 2.42. The summed E-state index contributed by atoms with van der Waals surface area (Å²) in [5.41, 5.74) is 2.70. The fourth-order valence-corrected chi connectivity index (χ4v) is 6.01. The van der Waals surface area contributed by atoms with Gasteiger partial charge in [-0.1, -0.05) is 29.4 Å². The van der Waals surface area contributed by atoms with Crippen molar-refractivity contribution >= 4 is 38.5 Å². The molecule has 2 aliphatic rings. The molecule has 0 bridgehead atoms. The quantitative estimate of drug-likeness (QED) is 0.642. The molecule has 1 saturated heterocycles. The molecular formula is C21H22N4O4S. The van der Waals surface area contributed by atoms with Crippen LogP contribution in [0, 0.1) is 0 Å². The first-order valence-corrected chi connectivity index (χ1v) is 11.3. The summed E-state index contributed by atoms with van der Waals surface area (Å²) in [6.07, 6.45) is 1.36. The Kier molecular flexibility index (Phi) is 4.43. The molecule has 0 saturated carbocycles. The molecule has 5 rings (SSSR count). The van der Waals surface area contributed by atoms with Crippen LogP contribution in [0.5, 0.6) is 0 Å². The number of anilines is 2. The van der Waals surface area contributed by atoms with E-state index < -0.39 is 10.2 Å². The lowest BCUT2D eigenvalue weighted by Gasteiger charge is -2.36. The maximum absolute atomic E-state index is 13.0. The Morgan fingerprint density at radius 3 is 2.50 bits per heavy atom. The number of hydrogen-bond donors (Lipinski definition) is 0. The molecule has 156 valence electrons. The van der Waals surface area contributed by atoms with Gasteiger partial charge in [0.1, 0.15) is 5.69 Å². The van der Waals surface area contributed by atoms with Gasteiger partial charge in [-0.25, -0.2) is 4.31 Å². The number of fused-ring (bicyclic) bond motifs is 2. The number of likely N-dealkylation sites (tertiary alicyclic amines) is 1. The predicted octanol–water partition coefficient (Wildman–Crippen LogP) is 2.56. The number of amides is 1. The number of carbonyl (C=O) groups is 1. The topological polar surface area (TPSA) is 87.0 Å². The van der Waals surface area contributed by atoms with Gasteiger partial charge in [-0.3, -0.25) is 9.10 Å². The fraction of sp³-hybridized carbons (Fsp3) is 0.333. The maximum atomic E-state index is 13.0. The van der Waals surface area contributed by atoms with Gasteiger partial charge < -0.3 is 9.42 Å². The summed E-state index contributed by atoms with van der Waals surface area (Å²) in [5.74, 6) is -0.0192. The molecule has 3 aromatic rings. The van der Waals surface area contributed by atoms with Gasteiger partial charge in [0.05, 0.1) is 23.8 Å². The summed E-state index contributed by atoms with van der Waals surface area (Å²) in [7, 11) is -2.01. The molecule has 0 N–H and O–H groups in total. The Hall–Kier alpha value is -3.07. The third-order valence-electron chi connectivity index (χ3n) is 5.97. The Morgan fingerprint density at radius 2 is 1.73 bits per heavy atom. The summed E-state index contributed by atoms with van der Waals surface area (Å²) in [5, 5.41) is 4.90.